The number of rotatable bonds is 22. The monoisotopic (exact) mass is 644 g/mol. The molecule has 4 rings (SSSR count). The number of fused-ring (bicyclic) bond motifs is 5. The van der Waals surface area contributed by atoms with E-state index in [4.69, 9.17) is 19.9 Å². The molecular formula is C42H77NO3. The van der Waals surface area contributed by atoms with Gasteiger partial charge in [-0.2, -0.15) is 0 Å². The van der Waals surface area contributed by atoms with Gasteiger partial charge in [-0.15, -0.1) is 0 Å². The average molecular weight is 644 g/mol. The highest BCUT2D eigenvalue weighted by Crippen LogP contribution is 2.67. The van der Waals surface area contributed by atoms with Crippen LogP contribution < -0.4 is 5.73 Å². The zero-order valence-electron chi connectivity index (χ0n) is 31.5. The zero-order valence-corrected chi connectivity index (χ0v) is 31.5. The van der Waals surface area contributed by atoms with Crippen molar-refractivity contribution in [2.75, 3.05) is 33.0 Å². The number of nitrogens with two attached hydrogens (primary N) is 1. The highest BCUT2D eigenvalue weighted by molar-refractivity contribution is 5.25. The summed E-state index contributed by atoms with van der Waals surface area (Å²) in [6, 6.07) is -0.0209. The first-order valence-electron chi connectivity index (χ1n) is 20.4. The molecule has 4 nitrogen and oxygen atoms in total. The van der Waals surface area contributed by atoms with Crippen molar-refractivity contribution in [3.63, 3.8) is 0 Å². The topological polar surface area (TPSA) is 53.7 Å². The summed E-state index contributed by atoms with van der Waals surface area (Å²) < 4.78 is 18.1. The summed E-state index contributed by atoms with van der Waals surface area (Å²) in [6.07, 6.45) is 28.2. The lowest BCUT2D eigenvalue weighted by molar-refractivity contribution is -0.0643. The van der Waals surface area contributed by atoms with Crippen LogP contribution in [0.1, 0.15) is 164 Å². The zero-order chi connectivity index (χ0) is 33.0. The predicted octanol–water partition coefficient (Wildman–Crippen LogP) is 10.9. The Labute approximate surface area is 286 Å². The third kappa shape index (κ3) is 10.3. The van der Waals surface area contributed by atoms with Gasteiger partial charge < -0.3 is 19.9 Å². The van der Waals surface area contributed by atoms with E-state index in [1.807, 2.05) is 0 Å². The van der Waals surface area contributed by atoms with Gasteiger partial charge in [-0.1, -0.05) is 105 Å². The maximum Gasteiger partial charge on any atom is 0.0640 e. The molecule has 4 aliphatic carbocycles. The molecule has 0 bridgehead atoms. The van der Waals surface area contributed by atoms with Crippen molar-refractivity contribution < 1.29 is 14.2 Å². The molecule has 0 amide bonds. The first kappa shape index (κ1) is 38.4. The van der Waals surface area contributed by atoms with Crippen molar-refractivity contribution in [3.8, 4) is 0 Å². The molecule has 46 heavy (non-hydrogen) atoms. The van der Waals surface area contributed by atoms with Gasteiger partial charge in [0.1, 0.15) is 0 Å². The highest BCUT2D eigenvalue weighted by atomic mass is 16.5. The first-order valence-corrected chi connectivity index (χ1v) is 20.4. The van der Waals surface area contributed by atoms with E-state index in [9.17, 15) is 0 Å². The summed E-state index contributed by atoms with van der Waals surface area (Å²) in [5.41, 5.74) is 8.93. The molecule has 0 saturated heterocycles. The van der Waals surface area contributed by atoms with Crippen molar-refractivity contribution in [1.82, 2.24) is 0 Å². The third-order valence-corrected chi connectivity index (χ3v) is 13.6. The number of ether oxygens (including phenoxy) is 3. The first-order chi connectivity index (χ1) is 22.2. The van der Waals surface area contributed by atoms with Gasteiger partial charge in [0.2, 0.25) is 0 Å². The Balaban J connectivity index is 1.10. The Morgan fingerprint density at radius 3 is 2.22 bits per heavy atom. The molecule has 4 heteroatoms. The predicted molar refractivity (Wildman–Crippen MR) is 195 cm³/mol. The fraction of sp³-hybridized carbons (Fsp3) is 0.952. The van der Waals surface area contributed by atoms with Crippen molar-refractivity contribution >= 4 is 0 Å². The van der Waals surface area contributed by atoms with E-state index in [1.54, 1.807) is 5.57 Å². The van der Waals surface area contributed by atoms with Crippen molar-refractivity contribution in [2.24, 2.45) is 52.1 Å². The lowest BCUT2D eigenvalue weighted by atomic mass is 9.47. The summed E-state index contributed by atoms with van der Waals surface area (Å²) in [5, 5.41) is 0. The Bertz CT molecular complexity index is 888. The standard InChI is InChI=1S/C42H77NO3/c1-7-8-9-10-11-12-26-44-30-35(43)31-45-27-13-14-28-46-36-22-24-41(5)34(29-36)18-19-37-39-21-20-38(33(4)17-15-16-32(2)3)42(39,6)25-23-40(37)41/h18,32-33,35-40H,7-17,19-31,43H2,1-6H3/t33-,35-,36?,37+,38-,39+,40+,41+,42-/m1/s1. The fourth-order valence-corrected chi connectivity index (χ4v) is 10.9. The van der Waals surface area contributed by atoms with E-state index in [1.165, 1.54) is 103 Å². The molecule has 0 aromatic carbocycles. The van der Waals surface area contributed by atoms with E-state index in [-0.39, 0.29) is 6.04 Å². The average Bonchev–Trinajstić information content (AvgIpc) is 3.39. The van der Waals surface area contributed by atoms with Crippen LogP contribution in [0, 0.1) is 46.3 Å². The number of hydrogen-bond acceptors (Lipinski definition) is 4. The van der Waals surface area contributed by atoms with Crippen LogP contribution in [0.2, 0.25) is 0 Å². The second-order valence-electron chi connectivity index (χ2n) is 17.4. The summed E-state index contributed by atoms with van der Waals surface area (Å²) in [6.45, 7) is 18.6. The van der Waals surface area contributed by atoms with E-state index in [0.717, 1.165) is 74.6 Å². The summed E-state index contributed by atoms with van der Waals surface area (Å²) in [4.78, 5) is 0. The summed E-state index contributed by atoms with van der Waals surface area (Å²) in [7, 11) is 0. The second-order valence-corrected chi connectivity index (χ2v) is 17.4. The molecular weight excluding hydrogens is 566 g/mol. The smallest absolute Gasteiger partial charge is 0.0640 e. The lowest BCUT2D eigenvalue weighted by Gasteiger charge is -2.58. The van der Waals surface area contributed by atoms with Crippen LogP contribution in [0.5, 0.6) is 0 Å². The fourth-order valence-electron chi connectivity index (χ4n) is 10.9. The van der Waals surface area contributed by atoms with Crippen LogP contribution in [0.3, 0.4) is 0 Å². The quantitative estimate of drug-likeness (QED) is 0.0942. The largest absolute Gasteiger partial charge is 0.380 e. The number of allylic oxidation sites excluding steroid dienone is 1. The minimum Gasteiger partial charge on any atom is -0.380 e. The maximum atomic E-state index is 6.48. The molecule has 0 heterocycles. The van der Waals surface area contributed by atoms with E-state index in [0.29, 0.717) is 30.1 Å². The van der Waals surface area contributed by atoms with Crippen LogP contribution in [-0.2, 0) is 14.2 Å². The van der Waals surface area contributed by atoms with Gasteiger partial charge in [-0.25, -0.2) is 0 Å². The molecule has 0 aromatic rings. The molecule has 0 aliphatic heterocycles. The molecule has 4 aliphatic rings. The number of unbranched alkanes of at least 4 members (excludes halogenated alkanes) is 6. The van der Waals surface area contributed by atoms with Crippen molar-refractivity contribution in [2.45, 2.75) is 176 Å². The Morgan fingerprint density at radius 1 is 0.783 bits per heavy atom. The van der Waals surface area contributed by atoms with Crippen LogP contribution in [0.15, 0.2) is 11.6 Å². The highest BCUT2D eigenvalue weighted by Gasteiger charge is 2.59. The second kappa shape index (κ2) is 19.1. The Morgan fingerprint density at radius 2 is 1.48 bits per heavy atom. The molecule has 3 saturated carbocycles. The van der Waals surface area contributed by atoms with Gasteiger partial charge >= 0.3 is 0 Å². The van der Waals surface area contributed by atoms with E-state index in [2.05, 4.69) is 47.6 Å². The molecule has 1 unspecified atom stereocenters. The normalized spacial score (nSPS) is 33.7. The van der Waals surface area contributed by atoms with Crippen LogP contribution in [0.25, 0.3) is 0 Å². The Kier molecular flexibility index (Phi) is 15.9. The molecule has 0 aromatic heterocycles. The molecule has 0 radical (unpaired) electrons. The van der Waals surface area contributed by atoms with Gasteiger partial charge in [0.25, 0.3) is 0 Å². The van der Waals surface area contributed by atoms with Gasteiger partial charge in [-0.05, 0) is 117 Å². The SMILES string of the molecule is CCCCCCCCOC[C@@H](N)COCCCCOC1CC[C@@]2(C)C(=CC[C@H]3[C@@H]4CC[C@H]([C@H](C)CCCC(C)C)[C@@]4(C)CC[C@@H]32)C1. The van der Waals surface area contributed by atoms with Gasteiger partial charge in [0, 0.05) is 19.8 Å². The maximum absolute atomic E-state index is 6.48. The minimum absolute atomic E-state index is 0.0209. The molecule has 3 fully saturated rings. The third-order valence-electron chi connectivity index (χ3n) is 13.6. The lowest BCUT2D eigenvalue weighted by Crippen LogP contribution is -2.51. The minimum atomic E-state index is -0.0209. The van der Waals surface area contributed by atoms with Crippen molar-refractivity contribution in [1.29, 1.82) is 0 Å². The van der Waals surface area contributed by atoms with Crippen LogP contribution >= 0.6 is 0 Å². The molecule has 268 valence electrons. The van der Waals surface area contributed by atoms with E-state index < -0.39 is 0 Å². The number of hydrogen-bond donors (Lipinski definition) is 1. The van der Waals surface area contributed by atoms with Crippen molar-refractivity contribution in [3.05, 3.63) is 11.6 Å². The molecule has 0 spiro atoms. The van der Waals surface area contributed by atoms with Crippen LogP contribution in [0.4, 0.5) is 0 Å². The van der Waals surface area contributed by atoms with Crippen LogP contribution in [-0.4, -0.2) is 45.2 Å². The van der Waals surface area contributed by atoms with Gasteiger partial charge in [0.15, 0.2) is 0 Å². The molecule has 9 atom stereocenters. The van der Waals surface area contributed by atoms with E-state index >= 15 is 0 Å². The van der Waals surface area contributed by atoms with Gasteiger partial charge in [-0.3, -0.25) is 0 Å². The summed E-state index contributed by atoms with van der Waals surface area (Å²) >= 11 is 0. The molecule has 2 N–H and O–H groups in total. The Hall–Kier alpha value is -0.420. The summed E-state index contributed by atoms with van der Waals surface area (Å²) in [5.74, 6) is 5.44. The van der Waals surface area contributed by atoms with Gasteiger partial charge in [0.05, 0.1) is 25.4 Å².